The average molecular weight is 265 g/mol. The molecule has 2 atom stereocenters. The second-order valence-corrected chi connectivity index (χ2v) is 5.15. The molecule has 5 nitrogen and oxygen atoms in total. The number of aromatic nitrogens is 1. The fraction of sp³-hybridized carbons (Fsp3) is 0.643. The molecule has 0 bridgehead atoms. The first-order chi connectivity index (χ1) is 9.15. The molecule has 19 heavy (non-hydrogen) atoms. The van der Waals surface area contributed by atoms with Crippen LogP contribution in [0, 0.1) is 6.92 Å². The van der Waals surface area contributed by atoms with Gasteiger partial charge in [0, 0.05) is 19.3 Å². The molecule has 1 saturated heterocycles. The Kier molecular flexibility index (Phi) is 4.74. The molecular weight excluding hydrogens is 242 g/mol. The minimum atomic E-state index is -0.116. The predicted octanol–water partition coefficient (Wildman–Crippen LogP) is 0.695. The van der Waals surface area contributed by atoms with Gasteiger partial charge in [-0.05, 0) is 38.1 Å². The molecule has 0 spiro atoms. The molecule has 0 saturated carbocycles. The van der Waals surface area contributed by atoms with Crippen molar-refractivity contribution in [3.63, 3.8) is 0 Å². The SMILES string of the molecule is CNCc1cnc(N2CC(CO)OCC2C)c(C)c1. The van der Waals surface area contributed by atoms with Crippen LogP contribution in [-0.2, 0) is 11.3 Å². The standard InChI is InChI=1S/C14H23N3O2/c1-10-4-12(5-15-3)6-16-14(10)17-7-13(8-18)19-9-11(17)2/h4,6,11,13,15,18H,5,7-9H2,1-3H3. The summed E-state index contributed by atoms with van der Waals surface area (Å²) in [5.41, 5.74) is 2.35. The van der Waals surface area contributed by atoms with Gasteiger partial charge in [-0.25, -0.2) is 4.98 Å². The zero-order valence-corrected chi connectivity index (χ0v) is 11.9. The number of morpholine rings is 1. The Balaban J connectivity index is 2.19. The average Bonchev–Trinajstić information content (AvgIpc) is 2.40. The molecule has 1 aromatic heterocycles. The van der Waals surface area contributed by atoms with Crippen LogP contribution in [0.3, 0.4) is 0 Å². The fourth-order valence-corrected chi connectivity index (χ4v) is 2.45. The lowest BCUT2D eigenvalue weighted by Crippen LogP contribution is -2.50. The van der Waals surface area contributed by atoms with Crippen molar-refractivity contribution < 1.29 is 9.84 Å². The summed E-state index contributed by atoms with van der Waals surface area (Å²) in [6.07, 6.45) is 1.80. The zero-order valence-electron chi connectivity index (χ0n) is 11.9. The van der Waals surface area contributed by atoms with Crippen molar-refractivity contribution in [1.82, 2.24) is 10.3 Å². The third-order valence-electron chi connectivity index (χ3n) is 3.47. The summed E-state index contributed by atoms with van der Waals surface area (Å²) < 4.78 is 5.56. The maximum atomic E-state index is 9.25. The summed E-state index contributed by atoms with van der Waals surface area (Å²) in [6, 6.07) is 2.44. The number of aryl methyl sites for hydroxylation is 1. The van der Waals surface area contributed by atoms with Gasteiger partial charge in [-0.15, -0.1) is 0 Å². The molecule has 1 aliphatic heterocycles. The highest BCUT2D eigenvalue weighted by atomic mass is 16.5. The zero-order chi connectivity index (χ0) is 13.8. The van der Waals surface area contributed by atoms with Crippen LogP contribution < -0.4 is 10.2 Å². The lowest BCUT2D eigenvalue weighted by atomic mass is 10.1. The van der Waals surface area contributed by atoms with E-state index in [4.69, 9.17) is 4.74 Å². The molecule has 5 heteroatoms. The van der Waals surface area contributed by atoms with Gasteiger partial charge in [0.15, 0.2) is 0 Å². The monoisotopic (exact) mass is 265 g/mol. The summed E-state index contributed by atoms with van der Waals surface area (Å²) in [6.45, 7) is 6.40. The quantitative estimate of drug-likeness (QED) is 0.839. The van der Waals surface area contributed by atoms with Gasteiger partial charge in [0.1, 0.15) is 5.82 Å². The van der Waals surface area contributed by atoms with E-state index in [0.29, 0.717) is 13.2 Å². The van der Waals surface area contributed by atoms with Crippen LogP contribution in [0.2, 0.25) is 0 Å². The Labute approximate surface area is 114 Å². The van der Waals surface area contributed by atoms with Crippen LogP contribution in [0.4, 0.5) is 5.82 Å². The van der Waals surface area contributed by atoms with Crippen LogP contribution in [-0.4, -0.2) is 49.0 Å². The maximum Gasteiger partial charge on any atom is 0.131 e. The number of pyridine rings is 1. The van der Waals surface area contributed by atoms with Crippen molar-refractivity contribution >= 4 is 5.82 Å². The molecule has 2 unspecified atom stereocenters. The minimum Gasteiger partial charge on any atom is -0.394 e. The van der Waals surface area contributed by atoms with Crippen molar-refractivity contribution in [1.29, 1.82) is 0 Å². The number of hydrogen-bond donors (Lipinski definition) is 2. The number of rotatable bonds is 4. The molecule has 1 aromatic rings. The molecule has 2 N–H and O–H groups in total. The van der Waals surface area contributed by atoms with Crippen molar-refractivity contribution in [3.8, 4) is 0 Å². The Morgan fingerprint density at radius 1 is 1.58 bits per heavy atom. The van der Waals surface area contributed by atoms with Crippen LogP contribution in [0.5, 0.6) is 0 Å². The Morgan fingerprint density at radius 3 is 3.00 bits per heavy atom. The van der Waals surface area contributed by atoms with Crippen molar-refractivity contribution in [3.05, 3.63) is 23.4 Å². The summed E-state index contributed by atoms with van der Waals surface area (Å²) in [5, 5.41) is 12.4. The number of hydrogen-bond acceptors (Lipinski definition) is 5. The molecule has 0 amide bonds. The number of ether oxygens (including phenoxy) is 1. The van der Waals surface area contributed by atoms with Crippen LogP contribution in [0.15, 0.2) is 12.3 Å². The van der Waals surface area contributed by atoms with E-state index in [9.17, 15) is 5.11 Å². The first-order valence-corrected chi connectivity index (χ1v) is 6.75. The molecule has 0 radical (unpaired) electrons. The third kappa shape index (κ3) is 3.23. The second-order valence-electron chi connectivity index (χ2n) is 5.15. The number of nitrogens with zero attached hydrogens (tertiary/aromatic N) is 2. The van der Waals surface area contributed by atoms with Crippen molar-refractivity contribution in [2.45, 2.75) is 32.5 Å². The minimum absolute atomic E-state index is 0.0557. The molecule has 0 aliphatic carbocycles. The van der Waals surface area contributed by atoms with Gasteiger partial charge in [-0.1, -0.05) is 0 Å². The van der Waals surface area contributed by atoms with E-state index in [-0.39, 0.29) is 18.8 Å². The maximum absolute atomic E-state index is 9.25. The van der Waals surface area contributed by atoms with E-state index >= 15 is 0 Å². The lowest BCUT2D eigenvalue weighted by molar-refractivity contribution is -0.0106. The fourth-order valence-electron chi connectivity index (χ4n) is 2.45. The summed E-state index contributed by atoms with van der Waals surface area (Å²) in [7, 11) is 1.93. The molecule has 106 valence electrons. The number of aliphatic hydroxyl groups is 1. The largest absolute Gasteiger partial charge is 0.394 e. The van der Waals surface area contributed by atoms with Crippen LogP contribution in [0.25, 0.3) is 0 Å². The summed E-state index contributed by atoms with van der Waals surface area (Å²) in [5.74, 6) is 0.995. The molecule has 0 aromatic carbocycles. The van der Waals surface area contributed by atoms with Gasteiger partial charge < -0.3 is 20.1 Å². The van der Waals surface area contributed by atoms with E-state index in [0.717, 1.165) is 17.9 Å². The van der Waals surface area contributed by atoms with Gasteiger partial charge in [0.25, 0.3) is 0 Å². The highest BCUT2D eigenvalue weighted by molar-refractivity contribution is 5.48. The molecule has 2 heterocycles. The highest BCUT2D eigenvalue weighted by Crippen LogP contribution is 2.23. The highest BCUT2D eigenvalue weighted by Gasteiger charge is 2.27. The molecule has 1 fully saturated rings. The number of nitrogens with one attached hydrogen (secondary N) is 1. The van der Waals surface area contributed by atoms with E-state index in [2.05, 4.69) is 35.1 Å². The van der Waals surface area contributed by atoms with Crippen LogP contribution in [0.1, 0.15) is 18.1 Å². The van der Waals surface area contributed by atoms with E-state index in [1.165, 1.54) is 5.56 Å². The Morgan fingerprint density at radius 2 is 2.37 bits per heavy atom. The summed E-state index contributed by atoms with van der Waals surface area (Å²) in [4.78, 5) is 6.81. The van der Waals surface area contributed by atoms with E-state index < -0.39 is 0 Å². The Hall–Kier alpha value is -1.17. The normalized spacial score (nSPS) is 23.7. The Bertz CT molecular complexity index is 425. The third-order valence-corrected chi connectivity index (χ3v) is 3.47. The van der Waals surface area contributed by atoms with Crippen molar-refractivity contribution in [2.24, 2.45) is 0 Å². The topological polar surface area (TPSA) is 57.6 Å². The second kappa shape index (κ2) is 6.32. The van der Waals surface area contributed by atoms with Gasteiger partial charge in [-0.3, -0.25) is 0 Å². The van der Waals surface area contributed by atoms with E-state index in [1.807, 2.05) is 13.2 Å². The van der Waals surface area contributed by atoms with E-state index in [1.54, 1.807) is 0 Å². The van der Waals surface area contributed by atoms with Crippen LogP contribution >= 0.6 is 0 Å². The molecular formula is C14H23N3O2. The summed E-state index contributed by atoms with van der Waals surface area (Å²) >= 11 is 0. The van der Waals surface area contributed by atoms with Gasteiger partial charge in [0.05, 0.1) is 25.4 Å². The molecule has 1 aliphatic rings. The lowest BCUT2D eigenvalue weighted by Gasteiger charge is -2.39. The predicted molar refractivity (Wildman–Crippen MR) is 75.4 cm³/mol. The van der Waals surface area contributed by atoms with Crippen molar-refractivity contribution in [2.75, 3.05) is 31.7 Å². The first kappa shape index (κ1) is 14.2. The van der Waals surface area contributed by atoms with Gasteiger partial charge >= 0.3 is 0 Å². The first-order valence-electron chi connectivity index (χ1n) is 6.75. The number of aliphatic hydroxyl groups excluding tert-OH is 1. The van der Waals surface area contributed by atoms with Gasteiger partial charge in [0.2, 0.25) is 0 Å². The smallest absolute Gasteiger partial charge is 0.131 e. The number of anilines is 1. The van der Waals surface area contributed by atoms with Gasteiger partial charge in [-0.2, -0.15) is 0 Å². The molecule has 2 rings (SSSR count).